The minimum Gasteiger partial charge on any atom is -0.427 e. The molecule has 0 fully saturated rings. The van der Waals surface area contributed by atoms with Gasteiger partial charge >= 0.3 is 35.8 Å². The number of aliphatic hydroxyl groups excluding tert-OH is 1. The van der Waals surface area contributed by atoms with Gasteiger partial charge in [-0.15, -0.1) is 0 Å². The first kappa shape index (κ1) is 24.9. The van der Waals surface area contributed by atoms with E-state index in [9.17, 15) is 58.2 Å². The fourth-order valence-corrected chi connectivity index (χ4v) is 2.02. The number of alkyl halides is 11. The largest absolute Gasteiger partial charge is 0.460 e. The summed E-state index contributed by atoms with van der Waals surface area (Å²) in [5.74, 6) is -29.4. The van der Waals surface area contributed by atoms with E-state index in [2.05, 4.69) is 4.74 Å². The molecule has 3 nitrogen and oxygen atoms in total. The molecule has 14 heteroatoms. The lowest BCUT2D eigenvalue weighted by molar-refractivity contribution is -0.423. The third-order valence-corrected chi connectivity index (χ3v) is 3.58. The number of halogens is 11. The summed E-state index contributed by atoms with van der Waals surface area (Å²) in [5.41, 5.74) is -0.623. The summed E-state index contributed by atoms with van der Waals surface area (Å²) >= 11 is 0. The van der Waals surface area contributed by atoms with E-state index in [0.29, 0.717) is 0 Å². The summed E-state index contributed by atoms with van der Waals surface area (Å²) in [6.45, 7) is 0.988. The molecule has 166 valence electrons. The van der Waals surface area contributed by atoms with Crippen LogP contribution in [-0.2, 0) is 4.79 Å². The van der Waals surface area contributed by atoms with Gasteiger partial charge in [-0.1, -0.05) is 12.1 Å². The normalized spacial score (nSPS) is 15.2. The Morgan fingerprint density at radius 2 is 1.31 bits per heavy atom. The van der Waals surface area contributed by atoms with E-state index in [4.69, 9.17) is 0 Å². The number of hydrogen-bond acceptors (Lipinski definition) is 3. The highest BCUT2D eigenvalue weighted by Gasteiger charge is 2.87. The number of aliphatic hydroxyl groups is 1. The highest BCUT2D eigenvalue weighted by atomic mass is 19.4. The van der Waals surface area contributed by atoms with Crippen LogP contribution in [0.15, 0.2) is 24.3 Å². The highest BCUT2D eigenvalue weighted by Crippen LogP contribution is 2.58. The zero-order chi connectivity index (χ0) is 23.1. The van der Waals surface area contributed by atoms with Gasteiger partial charge in [-0.3, -0.25) is 4.79 Å². The second-order valence-electron chi connectivity index (χ2n) is 5.81. The Kier molecular flexibility index (Phi) is 6.54. The van der Waals surface area contributed by atoms with Gasteiger partial charge in [0.2, 0.25) is 0 Å². The maximum Gasteiger partial charge on any atom is 0.460 e. The van der Waals surface area contributed by atoms with E-state index < -0.39 is 53.9 Å². The zero-order valence-electron chi connectivity index (χ0n) is 14.0. The Bertz CT molecular complexity index is 726. The van der Waals surface area contributed by atoms with Crippen LogP contribution in [0.4, 0.5) is 48.3 Å². The predicted octanol–water partition coefficient (Wildman–Crippen LogP) is 5.14. The van der Waals surface area contributed by atoms with Gasteiger partial charge in [0.15, 0.2) is 0 Å². The van der Waals surface area contributed by atoms with Crippen molar-refractivity contribution in [1.82, 2.24) is 0 Å². The summed E-state index contributed by atoms with van der Waals surface area (Å²) in [5, 5.41) is 9.54. The van der Waals surface area contributed by atoms with Crippen LogP contribution < -0.4 is 4.74 Å². The van der Waals surface area contributed by atoms with Crippen LogP contribution in [0.1, 0.15) is 25.0 Å². The Labute approximate surface area is 155 Å². The molecule has 0 heterocycles. The molecule has 0 radical (unpaired) electrons. The van der Waals surface area contributed by atoms with Crippen LogP contribution in [0.2, 0.25) is 0 Å². The second kappa shape index (κ2) is 7.61. The van der Waals surface area contributed by atoms with Gasteiger partial charge in [0, 0.05) is 13.3 Å². The van der Waals surface area contributed by atoms with Gasteiger partial charge in [-0.2, -0.15) is 48.3 Å². The van der Waals surface area contributed by atoms with Crippen molar-refractivity contribution in [3.8, 4) is 5.75 Å². The average molecular weight is 448 g/mol. The van der Waals surface area contributed by atoms with Gasteiger partial charge in [0.25, 0.3) is 0 Å². The van der Waals surface area contributed by atoms with E-state index in [-0.39, 0.29) is 5.75 Å². The Hall–Kier alpha value is -2.12. The van der Waals surface area contributed by atoms with Crippen molar-refractivity contribution in [3.05, 3.63) is 29.8 Å². The lowest BCUT2D eigenvalue weighted by Crippen LogP contribution is -2.66. The van der Waals surface area contributed by atoms with Crippen molar-refractivity contribution >= 4 is 5.97 Å². The molecule has 1 atom stereocenters. The number of hydrogen-bond donors (Lipinski definition) is 1. The summed E-state index contributed by atoms with van der Waals surface area (Å²) in [4.78, 5) is 10.7. The molecule has 0 saturated carbocycles. The van der Waals surface area contributed by atoms with Crippen molar-refractivity contribution in [1.29, 1.82) is 0 Å². The molecule has 0 saturated heterocycles. The highest BCUT2D eigenvalue weighted by molar-refractivity contribution is 5.69. The number of rotatable bonds is 7. The number of carbonyl (C=O) groups excluding carboxylic acids is 1. The quantitative estimate of drug-likeness (QED) is 0.357. The minimum atomic E-state index is -7.53. The van der Waals surface area contributed by atoms with Crippen molar-refractivity contribution in [2.24, 2.45) is 0 Å². The van der Waals surface area contributed by atoms with E-state index in [1.54, 1.807) is 0 Å². The Morgan fingerprint density at radius 1 is 0.862 bits per heavy atom. The van der Waals surface area contributed by atoms with Gasteiger partial charge in [-0.25, -0.2) is 0 Å². The lowest BCUT2D eigenvalue weighted by Gasteiger charge is -2.37. The van der Waals surface area contributed by atoms with Gasteiger partial charge in [0.05, 0.1) is 6.10 Å². The first-order valence-electron chi connectivity index (χ1n) is 7.32. The Balaban J connectivity index is 3.15. The van der Waals surface area contributed by atoms with Crippen LogP contribution in [0.5, 0.6) is 5.75 Å². The van der Waals surface area contributed by atoms with Crippen LogP contribution >= 0.6 is 0 Å². The van der Waals surface area contributed by atoms with Crippen LogP contribution in [0.25, 0.3) is 0 Å². The molecule has 1 unspecified atom stereocenters. The number of esters is 1. The van der Waals surface area contributed by atoms with Crippen molar-refractivity contribution < 1.29 is 62.9 Å². The molecule has 0 aliphatic rings. The SMILES string of the molecule is CC(=O)Oc1ccc(C(O)CC(F)(F)C(F)(F)C(F)(F)C(F)(F)C(F)(F)F)cc1. The third kappa shape index (κ3) is 4.56. The molecule has 1 rings (SSSR count). The van der Waals surface area contributed by atoms with Crippen LogP contribution in [-0.4, -0.2) is 40.9 Å². The molecule has 0 spiro atoms. The lowest BCUT2D eigenvalue weighted by atomic mass is 9.92. The van der Waals surface area contributed by atoms with Crippen molar-refractivity contribution in [2.75, 3.05) is 0 Å². The molecule has 0 aromatic heterocycles. The van der Waals surface area contributed by atoms with E-state index in [1.807, 2.05) is 0 Å². The summed E-state index contributed by atoms with van der Waals surface area (Å²) in [6, 6.07) is 3.28. The molecule has 0 amide bonds. The van der Waals surface area contributed by atoms with Crippen LogP contribution in [0, 0.1) is 0 Å². The molecule has 1 aromatic carbocycles. The fourth-order valence-electron chi connectivity index (χ4n) is 2.02. The minimum absolute atomic E-state index is 0.179. The molecule has 0 aliphatic carbocycles. The smallest absolute Gasteiger partial charge is 0.427 e. The second-order valence-corrected chi connectivity index (χ2v) is 5.81. The predicted molar refractivity (Wildman–Crippen MR) is 73.2 cm³/mol. The average Bonchev–Trinajstić information content (AvgIpc) is 2.52. The van der Waals surface area contributed by atoms with Gasteiger partial charge < -0.3 is 9.84 Å². The molecule has 29 heavy (non-hydrogen) atoms. The summed E-state index contributed by atoms with van der Waals surface area (Å²) < 4.78 is 147. The third-order valence-electron chi connectivity index (χ3n) is 3.58. The summed E-state index contributed by atoms with van der Waals surface area (Å²) in [6.07, 6.45) is -12.5. The first-order valence-corrected chi connectivity index (χ1v) is 7.32. The molecule has 0 bridgehead atoms. The Morgan fingerprint density at radius 3 is 1.69 bits per heavy atom. The van der Waals surface area contributed by atoms with Gasteiger partial charge in [-0.05, 0) is 17.7 Å². The molecule has 0 aliphatic heterocycles. The molecular formula is C15H11F11O3. The number of carbonyl (C=O) groups is 1. The zero-order valence-corrected chi connectivity index (χ0v) is 14.0. The van der Waals surface area contributed by atoms with Crippen molar-refractivity contribution in [3.63, 3.8) is 0 Å². The van der Waals surface area contributed by atoms with E-state index in [0.717, 1.165) is 31.2 Å². The van der Waals surface area contributed by atoms with Crippen LogP contribution in [0.3, 0.4) is 0 Å². The maximum atomic E-state index is 13.6. The van der Waals surface area contributed by atoms with E-state index >= 15 is 0 Å². The topological polar surface area (TPSA) is 46.5 Å². The maximum absolute atomic E-state index is 13.6. The fraction of sp³-hybridized carbons (Fsp3) is 0.533. The first-order chi connectivity index (χ1) is 12.8. The molecule has 1 N–H and O–H groups in total. The standard InChI is InChI=1S/C15H11F11O3/c1-7(27)29-9-4-2-8(3-5-9)10(28)6-11(16,17)12(18,19)13(20,21)14(22,23)15(24,25)26/h2-5,10,28H,6H2,1H3. The number of ether oxygens (including phenoxy) is 1. The molecule has 1 aromatic rings. The van der Waals surface area contributed by atoms with Gasteiger partial charge in [0.1, 0.15) is 5.75 Å². The monoisotopic (exact) mass is 448 g/mol. The van der Waals surface area contributed by atoms with E-state index in [1.165, 1.54) is 0 Å². The molecular weight excluding hydrogens is 437 g/mol. The van der Waals surface area contributed by atoms with Crippen molar-refractivity contribution in [2.45, 2.75) is 49.3 Å². The number of benzene rings is 1. The summed E-state index contributed by atoms with van der Waals surface area (Å²) in [7, 11) is 0.